The molecule has 0 saturated heterocycles. The van der Waals surface area contributed by atoms with Gasteiger partial charge in [-0.25, -0.2) is 12.8 Å². The molecule has 0 aliphatic heterocycles. The minimum atomic E-state index is -4.89. The van der Waals surface area contributed by atoms with Gasteiger partial charge in [0.05, 0.1) is 11.0 Å². The van der Waals surface area contributed by atoms with Gasteiger partial charge in [-0.2, -0.15) is 8.78 Å². The van der Waals surface area contributed by atoms with E-state index in [1.165, 1.54) is 6.07 Å². The van der Waals surface area contributed by atoms with Crippen LogP contribution in [0.5, 0.6) is 17.2 Å². The molecular weight excluding hydrogens is 361 g/mol. The molecule has 0 aromatic heterocycles. The number of hydrogen-bond acceptors (Lipinski definition) is 5. The van der Waals surface area contributed by atoms with Crippen LogP contribution in [0.15, 0.2) is 35.2 Å². The second kappa shape index (κ2) is 6.23. The molecule has 1 aliphatic carbocycles. The molecule has 2 aromatic rings. The molecule has 1 atom stereocenters. The molecule has 1 aliphatic rings. The van der Waals surface area contributed by atoms with E-state index in [1.54, 1.807) is 0 Å². The quantitative estimate of drug-likeness (QED) is 0.858. The molecule has 0 radical (unpaired) electrons. The van der Waals surface area contributed by atoms with E-state index >= 15 is 0 Å². The average Bonchev–Trinajstić information content (AvgIpc) is 2.89. The molecule has 0 spiro atoms. The lowest BCUT2D eigenvalue weighted by Crippen LogP contribution is -2.15. The molecule has 3 rings (SSSR count). The molecule has 5 nitrogen and oxygen atoms in total. The largest absolute Gasteiger partial charge is 0.508 e. The fourth-order valence-electron chi connectivity index (χ4n) is 2.85. The Morgan fingerprint density at radius 1 is 1.20 bits per heavy atom. The molecule has 9 heteroatoms. The number of fused-ring (bicyclic) bond motifs is 1. The SMILES string of the molecule is O=S(=O)(c1ccc(Oc2cc(O)cc(F)c2)c2c1C(O)CC2)C(F)F. The Labute approximate surface area is 141 Å². The maximum atomic E-state index is 13.3. The summed E-state index contributed by atoms with van der Waals surface area (Å²) in [5.41, 5.74) is 0.136. The van der Waals surface area contributed by atoms with Gasteiger partial charge in [-0.3, -0.25) is 0 Å². The molecule has 0 bridgehead atoms. The van der Waals surface area contributed by atoms with Crippen molar-refractivity contribution in [3.8, 4) is 17.2 Å². The van der Waals surface area contributed by atoms with Crippen molar-refractivity contribution in [3.63, 3.8) is 0 Å². The van der Waals surface area contributed by atoms with Gasteiger partial charge in [-0.15, -0.1) is 0 Å². The van der Waals surface area contributed by atoms with Gasteiger partial charge < -0.3 is 14.9 Å². The third-order valence-corrected chi connectivity index (χ3v) is 5.34. The van der Waals surface area contributed by atoms with E-state index in [1.807, 2.05) is 0 Å². The molecule has 0 saturated carbocycles. The van der Waals surface area contributed by atoms with Gasteiger partial charge in [0, 0.05) is 29.3 Å². The summed E-state index contributed by atoms with van der Waals surface area (Å²) >= 11 is 0. The number of ether oxygens (including phenoxy) is 1. The summed E-state index contributed by atoms with van der Waals surface area (Å²) in [6, 6.07) is 5.13. The van der Waals surface area contributed by atoms with Gasteiger partial charge in [-0.1, -0.05) is 0 Å². The zero-order valence-electron chi connectivity index (χ0n) is 12.6. The number of aliphatic hydroxyl groups is 1. The number of hydrogen-bond donors (Lipinski definition) is 2. The lowest BCUT2D eigenvalue weighted by atomic mass is 10.1. The maximum absolute atomic E-state index is 13.3. The van der Waals surface area contributed by atoms with Gasteiger partial charge in [-0.05, 0) is 25.0 Å². The molecule has 0 fully saturated rings. The van der Waals surface area contributed by atoms with Crippen molar-refractivity contribution in [2.24, 2.45) is 0 Å². The van der Waals surface area contributed by atoms with E-state index in [-0.39, 0.29) is 41.2 Å². The normalized spacial score (nSPS) is 16.9. The van der Waals surface area contributed by atoms with Crippen molar-refractivity contribution < 1.29 is 36.5 Å². The van der Waals surface area contributed by atoms with Gasteiger partial charge in [0.2, 0.25) is 9.84 Å². The first-order chi connectivity index (χ1) is 11.7. The van der Waals surface area contributed by atoms with E-state index in [0.717, 1.165) is 24.3 Å². The molecule has 2 N–H and O–H groups in total. The molecule has 134 valence electrons. The number of halogens is 3. The Morgan fingerprint density at radius 2 is 1.92 bits per heavy atom. The standard InChI is InChI=1S/C16H13F3O5S/c17-8-5-9(20)7-10(6-8)24-13-3-4-14(25(22,23)16(18)19)15-11(13)1-2-12(15)21/h3-7,12,16,20-21H,1-2H2. The van der Waals surface area contributed by atoms with Gasteiger partial charge in [0.1, 0.15) is 23.1 Å². The van der Waals surface area contributed by atoms with Gasteiger partial charge in [0.15, 0.2) is 0 Å². The van der Waals surface area contributed by atoms with Crippen LogP contribution in [0.2, 0.25) is 0 Å². The minimum Gasteiger partial charge on any atom is -0.508 e. The Morgan fingerprint density at radius 3 is 2.56 bits per heavy atom. The van der Waals surface area contributed by atoms with Crippen LogP contribution in [0.25, 0.3) is 0 Å². The summed E-state index contributed by atoms with van der Waals surface area (Å²) in [7, 11) is -4.89. The number of phenols is 1. The molecule has 0 amide bonds. The van der Waals surface area contributed by atoms with Crippen LogP contribution in [0.4, 0.5) is 13.2 Å². The van der Waals surface area contributed by atoms with Crippen LogP contribution in [-0.2, 0) is 16.3 Å². The summed E-state index contributed by atoms with van der Waals surface area (Å²) in [4.78, 5) is -0.642. The number of benzene rings is 2. The summed E-state index contributed by atoms with van der Waals surface area (Å²) in [6.07, 6.45) is -0.863. The Kier molecular flexibility index (Phi) is 4.38. The van der Waals surface area contributed by atoms with Crippen molar-refractivity contribution in [2.45, 2.75) is 29.6 Å². The molecule has 25 heavy (non-hydrogen) atoms. The predicted molar refractivity (Wildman–Crippen MR) is 81.1 cm³/mol. The first-order valence-electron chi connectivity index (χ1n) is 7.23. The highest BCUT2D eigenvalue weighted by atomic mass is 32.2. The van der Waals surface area contributed by atoms with Crippen LogP contribution in [0, 0.1) is 5.82 Å². The molecular formula is C16H13F3O5S. The van der Waals surface area contributed by atoms with E-state index in [2.05, 4.69) is 0 Å². The van der Waals surface area contributed by atoms with Crippen LogP contribution >= 0.6 is 0 Å². The lowest BCUT2D eigenvalue weighted by molar-refractivity contribution is 0.176. The first kappa shape index (κ1) is 17.6. The number of alkyl halides is 2. The fraction of sp³-hybridized carbons (Fsp3) is 0.250. The fourth-order valence-corrected chi connectivity index (χ4v) is 3.86. The van der Waals surface area contributed by atoms with Crippen LogP contribution in [-0.4, -0.2) is 24.4 Å². The number of sulfone groups is 1. The molecule has 1 unspecified atom stereocenters. The molecule has 0 heterocycles. The monoisotopic (exact) mass is 374 g/mol. The summed E-state index contributed by atoms with van der Waals surface area (Å²) in [5, 5.41) is 19.4. The zero-order chi connectivity index (χ0) is 18.4. The highest BCUT2D eigenvalue weighted by Gasteiger charge is 2.36. The number of rotatable bonds is 4. The average molecular weight is 374 g/mol. The highest BCUT2D eigenvalue weighted by molar-refractivity contribution is 7.91. The topological polar surface area (TPSA) is 83.8 Å². The first-order valence-corrected chi connectivity index (χ1v) is 8.78. The van der Waals surface area contributed by atoms with Crippen LogP contribution in [0.3, 0.4) is 0 Å². The van der Waals surface area contributed by atoms with Crippen LogP contribution in [0.1, 0.15) is 23.7 Å². The van der Waals surface area contributed by atoms with Crippen molar-refractivity contribution in [1.29, 1.82) is 0 Å². The van der Waals surface area contributed by atoms with Crippen molar-refractivity contribution in [2.75, 3.05) is 0 Å². The maximum Gasteiger partial charge on any atom is 0.341 e. The Hall–Kier alpha value is -2.26. The third-order valence-electron chi connectivity index (χ3n) is 3.90. The second-order valence-electron chi connectivity index (χ2n) is 5.56. The Balaban J connectivity index is 2.09. The number of aromatic hydroxyl groups is 1. The lowest BCUT2D eigenvalue weighted by Gasteiger charge is -2.15. The number of phenolic OH excluding ortho intramolecular Hbond substituents is 1. The second-order valence-corrected chi connectivity index (χ2v) is 7.45. The smallest absolute Gasteiger partial charge is 0.341 e. The van der Waals surface area contributed by atoms with Crippen molar-refractivity contribution in [1.82, 2.24) is 0 Å². The predicted octanol–water partition coefficient (Wildman–Crippen LogP) is 3.30. The molecule has 2 aromatic carbocycles. The summed E-state index contributed by atoms with van der Waals surface area (Å²) in [6.45, 7) is 0. The van der Waals surface area contributed by atoms with Gasteiger partial charge >= 0.3 is 5.76 Å². The summed E-state index contributed by atoms with van der Waals surface area (Å²) in [5.74, 6) is -4.68. The Bertz CT molecular complexity index is 907. The van der Waals surface area contributed by atoms with E-state index in [9.17, 15) is 31.8 Å². The van der Waals surface area contributed by atoms with E-state index in [4.69, 9.17) is 4.74 Å². The number of aliphatic hydroxyl groups excluding tert-OH is 1. The zero-order valence-corrected chi connectivity index (χ0v) is 13.4. The highest BCUT2D eigenvalue weighted by Crippen LogP contribution is 2.43. The minimum absolute atomic E-state index is 0.0504. The van der Waals surface area contributed by atoms with Gasteiger partial charge in [0.25, 0.3) is 0 Å². The van der Waals surface area contributed by atoms with E-state index < -0.39 is 32.4 Å². The third kappa shape index (κ3) is 3.16. The summed E-state index contributed by atoms with van der Waals surface area (Å²) < 4.78 is 68.1. The van der Waals surface area contributed by atoms with Crippen molar-refractivity contribution >= 4 is 9.84 Å². The van der Waals surface area contributed by atoms with E-state index in [0.29, 0.717) is 0 Å². The van der Waals surface area contributed by atoms with Crippen LogP contribution < -0.4 is 4.74 Å². The van der Waals surface area contributed by atoms with Crippen molar-refractivity contribution in [3.05, 3.63) is 47.3 Å².